The fraction of sp³-hybridized carbons (Fsp3) is 0.474. The number of aromatic nitrogens is 2. The van der Waals surface area contributed by atoms with Gasteiger partial charge in [0, 0.05) is 17.7 Å². The van der Waals surface area contributed by atoms with Gasteiger partial charge in [0.15, 0.2) is 11.6 Å². The van der Waals surface area contributed by atoms with E-state index in [1.807, 2.05) is 11.6 Å². The molecular formula is C19H24FN3O2. The van der Waals surface area contributed by atoms with Crippen LogP contribution in [-0.4, -0.2) is 22.3 Å². The average molecular weight is 345 g/mol. The van der Waals surface area contributed by atoms with Crippen molar-refractivity contribution >= 4 is 5.91 Å². The first-order valence-corrected chi connectivity index (χ1v) is 8.82. The number of para-hydroxylation sites is 1. The standard InChI is InChI=1S/C19H24FN3O2/c1-4-13(5-2)23-12(3)15(11-21-23)19(24)22-17-9-10-25-18-14(17)7-6-8-16(18)20/h6-8,11,13,17H,4-5,9-10H2,1-3H3,(H,22,24)/t17-/m0/s1. The van der Waals surface area contributed by atoms with Crippen molar-refractivity contribution in [3.05, 3.63) is 47.0 Å². The summed E-state index contributed by atoms with van der Waals surface area (Å²) in [5.41, 5.74) is 2.11. The molecule has 0 bridgehead atoms. The molecule has 1 atom stereocenters. The van der Waals surface area contributed by atoms with Crippen molar-refractivity contribution in [3.63, 3.8) is 0 Å². The van der Waals surface area contributed by atoms with E-state index >= 15 is 0 Å². The maximum atomic E-state index is 13.9. The summed E-state index contributed by atoms with van der Waals surface area (Å²) in [6.07, 6.45) is 4.16. The number of fused-ring (bicyclic) bond motifs is 1. The van der Waals surface area contributed by atoms with E-state index in [-0.39, 0.29) is 17.7 Å². The first kappa shape index (κ1) is 17.5. The Labute approximate surface area is 147 Å². The summed E-state index contributed by atoms with van der Waals surface area (Å²) in [7, 11) is 0. The zero-order valence-corrected chi connectivity index (χ0v) is 14.9. The van der Waals surface area contributed by atoms with E-state index in [4.69, 9.17) is 4.74 Å². The van der Waals surface area contributed by atoms with E-state index in [1.54, 1.807) is 18.3 Å². The van der Waals surface area contributed by atoms with Gasteiger partial charge in [-0.1, -0.05) is 26.0 Å². The molecule has 0 fully saturated rings. The van der Waals surface area contributed by atoms with Crippen LogP contribution in [0.5, 0.6) is 5.75 Å². The molecule has 1 N–H and O–H groups in total. The van der Waals surface area contributed by atoms with Crippen LogP contribution < -0.4 is 10.1 Å². The predicted molar refractivity (Wildman–Crippen MR) is 93.3 cm³/mol. The van der Waals surface area contributed by atoms with Crippen molar-refractivity contribution in [2.24, 2.45) is 0 Å². The van der Waals surface area contributed by atoms with Crippen molar-refractivity contribution in [1.82, 2.24) is 15.1 Å². The van der Waals surface area contributed by atoms with E-state index in [2.05, 4.69) is 24.3 Å². The highest BCUT2D eigenvalue weighted by Crippen LogP contribution is 2.34. The number of halogens is 1. The van der Waals surface area contributed by atoms with Crippen molar-refractivity contribution in [1.29, 1.82) is 0 Å². The Bertz CT molecular complexity index is 768. The van der Waals surface area contributed by atoms with Gasteiger partial charge in [0.1, 0.15) is 0 Å². The van der Waals surface area contributed by atoms with Gasteiger partial charge in [-0.25, -0.2) is 4.39 Å². The summed E-state index contributed by atoms with van der Waals surface area (Å²) in [6, 6.07) is 4.83. The molecule has 0 saturated carbocycles. The highest BCUT2D eigenvalue weighted by Gasteiger charge is 2.27. The second kappa shape index (κ2) is 7.25. The highest BCUT2D eigenvalue weighted by molar-refractivity contribution is 5.95. The van der Waals surface area contributed by atoms with E-state index < -0.39 is 5.82 Å². The molecule has 3 rings (SSSR count). The molecule has 25 heavy (non-hydrogen) atoms. The van der Waals surface area contributed by atoms with Crippen LogP contribution in [0.15, 0.2) is 24.4 Å². The molecule has 5 nitrogen and oxygen atoms in total. The van der Waals surface area contributed by atoms with E-state index in [0.717, 1.165) is 18.5 Å². The minimum absolute atomic E-state index is 0.184. The molecule has 1 aromatic heterocycles. The van der Waals surface area contributed by atoms with Crippen LogP contribution in [-0.2, 0) is 0 Å². The first-order chi connectivity index (χ1) is 12.1. The topological polar surface area (TPSA) is 56.2 Å². The van der Waals surface area contributed by atoms with Gasteiger partial charge in [0.2, 0.25) is 0 Å². The molecule has 2 aromatic rings. The molecule has 6 heteroatoms. The van der Waals surface area contributed by atoms with Crippen LogP contribution in [0.2, 0.25) is 0 Å². The molecule has 1 aromatic carbocycles. The third-order valence-corrected chi connectivity index (χ3v) is 4.91. The lowest BCUT2D eigenvalue weighted by molar-refractivity contribution is 0.0923. The largest absolute Gasteiger partial charge is 0.490 e. The molecule has 0 saturated heterocycles. The fourth-order valence-electron chi connectivity index (χ4n) is 3.42. The summed E-state index contributed by atoms with van der Waals surface area (Å²) < 4.78 is 21.2. The molecule has 134 valence electrons. The number of amides is 1. The number of carbonyl (C=O) groups excluding carboxylic acids is 1. The summed E-state index contributed by atoms with van der Waals surface area (Å²) >= 11 is 0. The van der Waals surface area contributed by atoms with Crippen molar-refractivity contribution < 1.29 is 13.9 Å². The average Bonchev–Trinajstić information content (AvgIpc) is 2.99. The van der Waals surface area contributed by atoms with Crippen LogP contribution in [0, 0.1) is 12.7 Å². The number of carbonyl (C=O) groups is 1. The van der Waals surface area contributed by atoms with Crippen LogP contribution in [0.3, 0.4) is 0 Å². The number of hydrogen-bond donors (Lipinski definition) is 1. The van der Waals surface area contributed by atoms with Gasteiger partial charge in [-0.05, 0) is 25.8 Å². The number of benzene rings is 1. The number of nitrogens with zero attached hydrogens (tertiary/aromatic N) is 2. The highest BCUT2D eigenvalue weighted by atomic mass is 19.1. The van der Waals surface area contributed by atoms with Gasteiger partial charge in [0.25, 0.3) is 5.91 Å². The van der Waals surface area contributed by atoms with Crippen LogP contribution in [0.25, 0.3) is 0 Å². The van der Waals surface area contributed by atoms with Crippen molar-refractivity contribution in [2.45, 2.75) is 52.1 Å². The van der Waals surface area contributed by atoms with Crippen molar-refractivity contribution in [3.8, 4) is 5.75 Å². The van der Waals surface area contributed by atoms with Gasteiger partial charge in [0.05, 0.1) is 30.5 Å². The minimum Gasteiger partial charge on any atom is -0.490 e. The van der Waals surface area contributed by atoms with E-state index in [0.29, 0.717) is 30.2 Å². The van der Waals surface area contributed by atoms with Crippen LogP contribution >= 0.6 is 0 Å². The molecule has 0 aliphatic carbocycles. The van der Waals surface area contributed by atoms with Crippen LogP contribution in [0.4, 0.5) is 4.39 Å². The van der Waals surface area contributed by atoms with Crippen molar-refractivity contribution in [2.75, 3.05) is 6.61 Å². The summed E-state index contributed by atoms with van der Waals surface area (Å²) in [6.45, 7) is 6.52. The second-order valence-electron chi connectivity index (χ2n) is 6.38. The van der Waals surface area contributed by atoms with Gasteiger partial charge in [-0.3, -0.25) is 9.48 Å². The fourth-order valence-corrected chi connectivity index (χ4v) is 3.42. The molecule has 0 radical (unpaired) electrons. The van der Waals surface area contributed by atoms with Crippen LogP contribution in [0.1, 0.15) is 66.8 Å². The molecule has 0 spiro atoms. The number of ether oxygens (including phenoxy) is 1. The molecular weight excluding hydrogens is 321 g/mol. The number of rotatable bonds is 5. The van der Waals surface area contributed by atoms with Gasteiger partial charge >= 0.3 is 0 Å². The Hall–Kier alpha value is -2.37. The molecule has 0 unspecified atom stereocenters. The summed E-state index contributed by atoms with van der Waals surface area (Å²) in [5, 5.41) is 7.41. The Morgan fingerprint density at radius 3 is 2.92 bits per heavy atom. The monoisotopic (exact) mass is 345 g/mol. The lowest BCUT2D eigenvalue weighted by Crippen LogP contribution is -2.32. The molecule has 1 amide bonds. The Morgan fingerprint density at radius 2 is 2.20 bits per heavy atom. The Morgan fingerprint density at radius 1 is 1.44 bits per heavy atom. The zero-order chi connectivity index (χ0) is 18.0. The number of nitrogens with one attached hydrogen (secondary N) is 1. The Kier molecular flexibility index (Phi) is 5.06. The SMILES string of the molecule is CCC(CC)n1ncc(C(=O)N[C@H]2CCOc3c(F)cccc32)c1C. The second-order valence-corrected chi connectivity index (χ2v) is 6.38. The zero-order valence-electron chi connectivity index (χ0n) is 14.9. The maximum Gasteiger partial charge on any atom is 0.255 e. The smallest absolute Gasteiger partial charge is 0.255 e. The summed E-state index contributed by atoms with van der Waals surface area (Å²) in [4.78, 5) is 12.7. The third kappa shape index (κ3) is 3.25. The third-order valence-electron chi connectivity index (χ3n) is 4.91. The van der Waals surface area contributed by atoms with Gasteiger partial charge in [-0.2, -0.15) is 5.10 Å². The normalized spacial score (nSPS) is 16.4. The first-order valence-electron chi connectivity index (χ1n) is 8.82. The molecule has 2 heterocycles. The molecule has 1 aliphatic rings. The van der Waals surface area contributed by atoms with Gasteiger partial charge in [-0.15, -0.1) is 0 Å². The van der Waals surface area contributed by atoms with Gasteiger partial charge < -0.3 is 10.1 Å². The van der Waals surface area contributed by atoms with E-state index in [9.17, 15) is 9.18 Å². The summed E-state index contributed by atoms with van der Waals surface area (Å²) in [5.74, 6) is -0.338. The number of hydrogen-bond acceptors (Lipinski definition) is 3. The maximum absolute atomic E-state index is 13.9. The minimum atomic E-state index is -0.394. The lowest BCUT2D eigenvalue weighted by atomic mass is 10.00. The molecule has 1 aliphatic heterocycles. The quantitative estimate of drug-likeness (QED) is 0.893. The lowest BCUT2D eigenvalue weighted by Gasteiger charge is -2.27. The predicted octanol–water partition coefficient (Wildman–Crippen LogP) is 3.95. The Balaban J connectivity index is 1.82. The van der Waals surface area contributed by atoms with E-state index in [1.165, 1.54) is 6.07 Å².